The molecule has 2 nitrogen and oxygen atoms in total. The highest BCUT2D eigenvalue weighted by Gasteiger charge is 2.53. The Kier molecular flexibility index (Phi) is 1.85. The lowest BCUT2D eigenvalue weighted by Crippen LogP contribution is -2.40. The van der Waals surface area contributed by atoms with Gasteiger partial charge in [-0.3, -0.25) is 4.79 Å². The van der Waals surface area contributed by atoms with Crippen LogP contribution in [0.25, 0.3) is 0 Å². The van der Waals surface area contributed by atoms with Crippen molar-refractivity contribution in [3.05, 3.63) is 0 Å². The number of rotatable bonds is 3. The second-order valence-corrected chi connectivity index (χ2v) is 4.27. The van der Waals surface area contributed by atoms with Gasteiger partial charge in [-0.25, -0.2) is 0 Å². The van der Waals surface area contributed by atoms with E-state index >= 15 is 0 Å². The van der Waals surface area contributed by atoms with Crippen LogP contribution in [0.1, 0.15) is 39.0 Å². The highest BCUT2D eigenvalue weighted by atomic mass is 16.2. The Hall–Kier alpha value is -0.530. The molecule has 2 aliphatic rings. The molecular weight excluding hydrogens is 150 g/mol. The molecule has 0 aromatic rings. The third kappa shape index (κ3) is 0.970. The number of nitrogens with one attached hydrogen (secondary N) is 1. The van der Waals surface area contributed by atoms with Crippen molar-refractivity contribution in [2.45, 2.75) is 39.0 Å². The van der Waals surface area contributed by atoms with E-state index in [9.17, 15) is 4.79 Å². The summed E-state index contributed by atoms with van der Waals surface area (Å²) in [7, 11) is 0. The van der Waals surface area contributed by atoms with Crippen molar-refractivity contribution in [3.8, 4) is 0 Å². The van der Waals surface area contributed by atoms with E-state index in [0.29, 0.717) is 17.2 Å². The van der Waals surface area contributed by atoms with Crippen molar-refractivity contribution < 1.29 is 4.79 Å². The van der Waals surface area contributed by atoms with Crippen molar-refractivity contribution in [1.82, 2.24) is 5.32 Å². The molecule has 12 heavy (non-hydrogen) atoms. The van der Waals surface area contributed by atoms with Crippen molar-refractivity contribution in [2.24, 2.45) is 11.3 Å². The van der Waals surface area contributed by atoms with E-state index in [2.05, 4.69) is 12.2 Å². The van der Waals surface area contributed by atoms with Gasteiger partial charge in [0.2, 0.25) is 5.91 Å². The second-order valence-electron chi connectivity index (χ2n) is 4.27. The summed E-state index contributed by atoms with van der Waals surface area (Å²) in [6, 6.07) is 0. The van der Waals surface area contributed by atoms with Crippen LogP contribution in [0.3, 0.4) is 0 Å². The summed E-state index contributed by atoms with van der Waals surface area (Å²) in [6.07, 6.45) is 6.20. The number of carbonyl (C=O) groups is 1. The number of amides is 1. The van der Waals surface area contributed by atoms with E-state index in [4.69, 9.17) is 0 Å². The molecule has 0 aromatic carbocycles. The van der Waals surface area contributed by atoms with E-state index in [1.807, 2.05) is 0 Å². The molecule has 0 spiro atoms. The first kappa shape index (κ1) is 8.09. The molecule has 2 atom stereocenters. The molecular formula is C10H17NO. The van der Waals surface area contributed by atoms with Crippen LogP contribution in [0, 0.1) is 11.3 Å². The van der Waals surface area contributed by atoms with Gasteiger partial charge in [-0.1, -0.05) is 19.8 Å². The fourth-order valence-corrected chi connectivity index (χ4v) is 2.62. The molecule has 1 aliphatic heterocycles. The zero-order valence-electron chi connectivity index (χ0n) is 7.73. The van der Waals surface area contributed by atoms with Crippen molar-refractivity contribution in [3.63, 3.8) is 0 Å². The molecule has 1 N–H and O–H groups in total. The Morgan fingerprint density at radius 1 is 1.67 bits per heavy atom. The first-order chi connectivity index (χ1) is 5.78. The van der Waals surface area contributed by atoms with E-state index in [-0.39, 0.29) is 0 Å². The minimum atomic E-state index is 0.317. The van der Waals surface area contributed by atoms with Gasteiger partial charge in [0.1, 0.15) is 0 Å². The second kappa shape index (κ2) is 2.75. The Labute approximate surface area is 73.7 Å². The molecule has 2 unspecified atom stereocenters. The van der Waals surface area contributed by atoms with E-state index in [1.54, 1.807) is 0 Å². The molecule has 1 amide bonds. The first-order valence-electron chi connectivity index (χ1n) is 5.06. The molecule has 2 rings (SSSR count). The Morgan fingerprint density at radius 2 is 2.50 bits per heavy atom. The van der Waals surface area contributed by atoms with Crippen molar-refractivity contribution in [2.75, 3.05) is 6.54 Å². The summed E-state index contributed by atoms with van der Waals surface area (Å²) in [4.78, 5) is 11.3. The molecule has 1 aliphatic carbocycles. The van der Waals surface area contributed by atoms with Gasteiger partial charge in [0.25, 0.3) is 0 Å². The van der Waals surface area contributed by atoms with Crippen LogP contribution < -0.4 is 5.32 Å². The van der Waals surface area contributed by atoms with Crippen molar-refractivity contribution >= 4 is 5.91 Å². The van der Waals surface area contributed by atoms with Crippen LogP contribution in [0.15, 0.2) is 0 Å². The fraction of sp³-hybridized carbons (Fsp3) is 0.900. The van der Waals surface area contributed by atoms with Gasteiger partial charge in [-0.05, 0) is 24.7 Å². The standard InChI is InChI=1S/C10H17NO/c1-2-3-5-10-6-4-8(10)9(12)11-7-10/h8H,2-7H2,1H3,(H,11,12). The SMILES string of the molecule is CCCCC12CCC1C(=O)NC2. The molecule has 68 valence electrons. The molecule has 2 heteroatoms. The first-order valence-corrected chi connectivity index (χ1v) is 5.06. The highest BCUT2D eigenvalue weighted by Crippen LogP contribution is 2.52. The lowest BCUT2D eigenvalue weighted by atomic mass is 9.59. The van der Waals surface area contributed by atoms with Gasteiger partial charge >= 0.3 is 0 Å². The number of hydrogen-bond donors (Lipinski definition) is 1. The predicted octanol–water partition coefficient (Wildman–Crippen LogP) is 1.70. The number of hydrogen-bond acceptors (Lipinski definition) is 1. The minimum Gasteiger partial charge on any atom is -0.355 e. The summed E-state index contributed by atoms with van der Waals surface area (Å²) < 4.78 is 0. The van der Waals surface area contributed by atoms with Crippen LogP contribution in [0.4, 0.5) is 0 Å². The van der Waals surface area contributed by atoms with Gasteiger partial charge in [0, 0.05) is 12.5 Å². The number of unbranched alkanes of at least 4 members (excludes halogenated alkanes) is 1. The molecule has 1 heterocycles. The smallest absolute Gasteiger partial charge is 0.223 e. The monoisotopic (exact) mass is 167 g/mol. The van der Waals surface area contributed by atoms with Gasteiger partial charge < -0.3 is 5.32 Å². The average Bonchev–Trinajstić information content (AvgIpc) is 2.22. The maximum atomic E-state index is 11.3. The van der Waals surface area contributed by atoms with Gasteiger partial charge in [0.05, 0.1) is 0 Å². The number of carbonyl (C=O) groups excluding carboxylic acids is 1. The van der Waals surface area contributed by atoms with Crippen LogP contribution in [0.5, 0.6) is 0 Å². The minimum absolute atomic E-state index is 0.317. The topological polar surface area (TPSA) is 29.1 Å². The molecule has 1 saturated heterocycles. The molecule has 0 bridgehead atoms. The quantitative estimate of drug-likeness (QED) is 0.681. The fourth-order valence-electron chi connectivity index (χ4n) is 2.62. The largest absolute Gasteiger partial charge is 0.355 e. The van der Waals surface area contributed by atoms with Gasteiger partial charge in [-0.2, -0.15) is 0 Å². The molecule has 2 fully saturated rings. The normalized spacial score (nSPS) is 38.8. The zero-order valence-corrected chi connectivity index (χ0v) is 7.73. The van der Waals surface area contributed by atoms with Crippen LogP contribution in [-0.2, 0) is 4.79 Å². The van der Waals surface area contributed by atoms with Crippen LogP contribution >= 0.6 is 0 Å². The lowest BCUT2D eigenvalue weighted by Gasteiger charge is -2.42. The maximum Gasteiger partial charge on any atom is 0.223 e. The molecule has 1 saturated carbocycles. The molecule has 0 radical (unpaired) electrons. The average molecular weight is 167 g/mol. The zero-order chi connectivity index (χ0) is 8.60. The molecule has 0 aromatic heterocycles. The Balaban J connectivity index is 1.98. The maximum absolute atomic E-state index is 11.3. The van der Waals surface area contributed by atoms with Gasteiger partial charge in [0.15, 0.2) is 0 Å². The third-order valence-electron chi connectivity index (χ3n) is 3.63. The Morgan fingerprint density at radius 3 is 3.00 bits per heavy atom. The van der Waals surface area contributed by atoms with Crippen LogP contribution in [-0.4, -0.2) is 12.5 Å². The predicted molar refractivity (Wildman–Crippen MR) is 47.7 cm³/mol. The van der Waals surface area contributed by atoms with E-state index in [0.717, 1.165) is 13.0 Å². The van der Waals surface area contributed by atoms with E-state index < -0.39 is 0 Å². The summed E-state index contributed by atoms with van der Waals surface area (Å²) >= 11 is 0. The van der Waals surface area contributed by atoms with E-state index in [1.165, 1.54) is 25.7 Å². The highest BCUT2D eigenvalue weighted by molar-refractivity contribution is 5.83. The lowest BCUT2D eigenvalue weighted by molar-refractivity contribution is -0.127. The summed E-state index contributed by atoms with van der Waals surface area (Å²) in [5.74, 6) is 0.696. The number of fused-ring (bicyclic) bond motifs is 1. The van der Waals surface area contributed by atoms with Crippen LogP contribution in [0.2, 0.25) is 0 Å². The third-order valence-corrected chi connectivity index (χ3v) is 3.63. The van der Waals surface area contributed by atoms with Crippen molar-refractivity contribution in [1.29, 1.82) is 0 Å². The van der Waals surface area contributed by atoms with Gasteiger partial charge in [-0.15, -0.1) is 0 Å². The summed E-state index contributed by atoms with van der Waals surface area (Å²) in [6.45, 7) is 3.17. The summed E-state index contributed by atoms with van der Waals surface area (Å²) in [5, 5.41) is 2.99. The summed E-state index contributed by atoms with van der Waals surface area (Å²) in [5.41, 5.74) is 0.396. The Bertz CT molecular complexity index is 202.